The topological polar surface area (TPSA) is 141 Å². The molecule has 11 nitrogen and oxygen atoms in total. The maximum Gasteiger partial charge on any atom is 0.311 e. The molecule has 0 radical (unpaired) electrons. The normalized spacial score (nSPS) is 48.7. The monoisotopic (exact) mass is 628 g/mol. The van der Waals surface area contributed by atoms with Crippen molar-refractivity contribution in [2.24, 2.45) is 17.8 Å². The van der Waals surface area contributed by atoms with Gasteiger partial charge < -0.3 is 44.3 Å². The van der Waals surface area contributed by atoms with Crippen LogP contribution in [0.3, 0.4) is 0 Å². The van der Waals surface area contributed by atoms with E-state index in [0.29, 0.717) is 25.9 Å². The summed E-state index contributed by atoms with van der Waals surface area (Å²) in [5.41, 5.74) is -2.15. The maximum atomic E-state index is 13.5. The highest BCUT2D eigenvalue weighted by Gasteiger charge is 2.51. The summed E-state index contributed by atoms with van der Waals surface area (Å²) in [5.74, 6) is -2.50. The van der Waals surface area contributed by atoms with E-state index < -0.39 is 65.8 Å². The summed E-state index contributed by atoms with van der Waals surface area (Å²) in [5, 5.41) is 46.8. The minimum absolute atomic E-state index is 0.0626. The van der Waals surface area contributed by atoms with E-state index in [1.54, 1.807) is 27.7 Å². The summed E-state index contributed by atoms with van der Waals surface area (Å²) < 4.78 is 24.7. The van der Waals surface area contributed by atoms with Crippen molar-refractivity contribution in [2.75, 3.05) is 33.8 Å². The van der Waals surface area contributed by atoms with Crippen LogP contribution in [0, 0.1) is 17.8 Å². The molecule has 3 heterocycles. The van der Waals surface area contributed by atoms with Gasteiger partial charge >= 0.3 is 5.97 Å². The number of ether oxygens (including phenoxy) is 4. The Morgan fingerprint density at radius 1 is 1.09 bits per heavy atom. The zero-order valence-electron chi connectivity index (χ0n) is 28.6. The Kier molecular flexibility index (Phi) is 12.5. The Morgan fingerprint density at radius 2 is 1.73 bits per heavy atom. The molecule has 1 unspecified atom stereocenters. The number of carbonyl (C=O) groups is 1. The number of likely N-dealkylation sites (N-methyl/N-ethyl adjacent to an activating group) is 1. The zero-order valence-corrected chi connectivity index (χ0v) is 28.6. The van der Waals surface area contributed by atoms with E-state index in [1.807, 2.05) is 46.7 Å². The fraction of sp³-hybridized carbons (Fsp3) is 0.909. The van der Waals surface area contributed by atoms with E-state index in [9.17, 15) is 25.2 Å². The number of carbonyl (C=O) groups excluding carboxylic acids is 1. The number of hydrogen-bond donors (Lipinski definition) is 4. The molecule has 0 aromatic carbocycles. The average molecular weight is 629 g/mol. The van der Waals surface area contributed by atoms with Crippen molar-refractivity contribution in [3.05, 3.63) is 12.2 Å². The first-order valence-corrected chi connectivity index (χ1v) is 16.3. The highest BCUT2D eigenvalue weighted by molar-refractivity contribution is 5.73. The van der Waals surface area contributed by atoms with Crippen LogP contribution >= 0.6 is 0 Å². The number of aliphatic hydroxyl groups excluding tert-OH is 2. The van der Waals surface area contributed by atoms with E-state index in [2.05, 4.69) is 11.5 Å². The molecule has 0 spiro atoms. The van der Waals surface area contributed by atoms with E-state index >= 15 is 0 Å². The highest BCUT2D eigenvalue weighted by Crippen LogP contribution is 2.37. The first kappa shape index (κ1) is 37.3. The van der Waals surface area contributed by atoms with Crippen LogP contribution in [-0.2, 0) is 23.7 Å². The van der Waals surface area contributed by atoms with Crippen LogP contribution in [0.5, 0.6) is 0 Å². The predicted molar refractivity (Wildman–Crippen MR) is 167 cm³/mol. The van der Waals surface area contributed by atoms with Gasteiger partial charge in [0, 0.05) is 31.1 Å². The van der Waals surface area contributed by atoms with Gasteiger partial charge in [0.05, 0.1) is 36.4 Å². The molecule has 11 heteroatoms. The number of aliphatic hydroxyl groups is 4. The molecule has 3 saturated heterocycles. The number of rotatable bonds is 4. The van der Waals surface area contributed by atoms with Crippen molar-refractivity contribution in [1.82, 2.24) is 9.80 Å². The SMILES string of the molecule is C=C1CO[C@H]2[C@@H](C)N(C1)C[C@H](C)C[C@@](C)(O)[C@H](O[C@@H]1O[C@H](C)C[C@H](N(C)C)[C@H]1O)[C@@H](C)[C@H](O)[C@@H](C)C(=O)O[C@H](CC)[C@@]2(C)O. The molecular weight excluding hydrogens is 568 g/mol. The molecule has 256 valence electrons. The van der Waals surface area contributed by atoms with Crippen LogP contribution in [0.15, 0.2) is 12.2 Å². The van der Waals surface area contributed by atoms with Gasteiger partial charge in [0.25, 0.3) is 0 Å². The van der Waals surface area contributed by atoms with Crippen LogP contribution in [-0.4, -0.2) is 136 Å². The molecular formula is C33H60N2O9. The second-order valence-electron chi connectivity index (χ2n) is 14.6. The Balaban J connectivity index is 2.05. The quantitative estimate of drug-likeness (QED) is 0.268. The molecule has 3 aliphatic rings. The van der Waals surface area contributed by atoms with Gasteiger partial charge in [0.2, 0.25) is 0 Å². The average Bonchev–Trinajstić information content (AvgIpc) is 3.06. The van der Waals surface area contributed by atoms with Crippen LogP contribution in [0.1, 0.15) is 74.7 Å². The minimum Gasteiger partial charge on any atom is -0.459 e. The van der Waals surface area contributed by atoms with E-state index in [0.717, 1.165) is 5.57 Å². The Bertz CT molecular complexity index is 975. The summed E-state index contributed by atoms with van der Waals surface area (Å²) >= 11 is 0. The molecule has 4 N–H and O–H groups in total. The molecule has 3 fully saturated rings. The first-order valence-electron chi connectivity index (χ1n) is 16.3. The van der Waals surface area contributed by atoms with Gasteiger partial charge in [-0.15, -0.1) is 0 Å². The molecule has 3 aliphatic heterocycles. The summed E-state index contributed by atoms with van der Waals surface area (Å²) in [6.45, 7) is 19.9. The van der Waals surface area contributed by atoms with E-state index in [-0.39, 0.29) is 37.1 Å². The van der Waals surface area contributed by atoms with Crippen LogP contribution in [0.2, 0.25) is 0 Å². The van der Waals surface area contributed by atoms with E-state index in [4.69, 9.17) is 18.9 Å². The van der Waals surface area contributed by atoms with Gasteiger partial charge in [-0.25, -0.2) is 0 Å². The molecule has 2 bridgehead atoms. The third kappa shape index (κ3) is 8.22. The van der Waals surface area contributed by atoms with Gasteiger partial charge in [0.1, 0.15) is 23.9 Å². The summed E-state index contributed by atoms with van der Waals surface area (Å²) in [6.07, 6.45) is -4.88. The van der Waals surface area contributed by atoms with Crippen molar-refractivity contribution >= 4 is 5.97 Å². The molecule has 15 atom stereocenters. The lowest BCUT2D eigenvalue weighted by atomic mass is 9.78. The van der Waals surface area contributed by atoms with Crippen molar-refractivity contribution in [3.8, 4) is 0 Å². The third-order valence-corrected chi connectivity index (χ3v) is 10.1. The Labute approximate surface area is 264 Å². The van der Waals surface area contributed by atoms with E-state index in [1.165, 1.54) is 0 Å². The zero-order chi connectivity index (χ0) is 33.3. The van der Waals surface area contributed by atoms with Crippen molar-refractivity contribution < 1.29 is 44.2 Å². The molecule has 3 rings (SSSR count). The number of esters is 1. The van der Waals surface area contributed by atoms with Gasteiger partial charge in [-0.05, 0) is 79.5 Å². The molecule has 0 aromatic heterocycles. The van der Waals surface area contributed by atoms with Gasteiger partial charge in [-0.1, -0.05) is 27.4 Å². The third-order valence-electron chi connectivity index (χ3n) is 10.1. The van der Waals surface area contributed by atoms with Crippen molar-refractivity contribution in [1.29, 1.82) is 0 Å². The van der Waals surface area contributed by atoms with Crippen LogP contribution < -0.4 is 0 Å². The minimum atomic E-state index is -1.53. The smallest absolute Gasteiger partial charge is 0.311 e. The molecule has 44 heavy (non-hydrogen) atoms. The van der Waals surface area contributed by atoms with Crippen molar-refractivity contribution in [3.63, 3.8) is 0 Å². The summed E-state index contributed by atoms with van der Waals surface area (Å²) in [6, 6.07) is -0.491. The number of hydrogen-bond acceptors (Lipinski definition) is 11. The fourth-order valence-corrected chi connectivity index (χ4v) is 7.65. The van der Waals surface area contributed by atoms with Crippen LogP contribution in [0.25, 0.3) is 0 Å². The molecule has 0 aromatic rings. The first-order chi connectivity index (χ1) is 20.3. The number of cyclic esters (lactones) is 1. The largest absolute Gasteiger partial charge is 0.459 e. The lowest BCUT2D eigenvalue weighted by Crippen LogP contribution is -2.59. The molecule has 0 aliphatic carbocycles. The maximum absolute atomic E-state index is 13.5. The predicted octanol–water partition coefficient (Wildman–Crippen LogP) is 1.94. The fourth-order valence-electron chi connectivity index (χ4n) is 7.65. The lowest BCUT2D eigenvalue weighted by Gasteiger charge is -2.46. The van der Waals surface area contributed by atoms with Crippen LogP contribution in [0.4, 0.5) is 0 Å². The van der Waals surface area contributed by atoms with Crippen molar-refractivity contribution in [2.45, 2.75) is 141 Å². The number of fused-ring (bicyclic) bond motifs is 2. The van der Waals surface area contributed by atoms with Gasteiger partial charge in [0.15, 0.2) is 6.29 Å². The second kappa shape index (κ2) is 14.7. The standard InChI is InChI=1S/C33H60N2O9/c1-12-25-33(9,40)29-23(7)35(16-19(3)17-41-29)15-18(2)14-32(8,39)28(21(5)26(36)22(6)30(38)43-25)44-31-27(37)24(34(10)11)13-20(4)42-31/h18,20-29,31,36-37,39-40H,3,12-17H2,1-2,4-11H3/t18-,20-,21+,22-,23-,24+,25-,26+,27-,28-,29+,31+,32-,33-/m1/s1. The van der Waals surface area contributed by atoms with Gasteiger partial charge in [-0.3, -0.25) is 9.69 Å². The molecule has 0 amide bonds. The highest BCUT2D eigenvalue weighted by atomic mass is 16.7. The van der Waals surface area contributed by atoms with Gasteiger partial charge in [-0.2, -0.15) is 0 Å². The second-order valence-corrected chi connectivity index (χ2v) is 14.6. The lowest BCUT2D eigenvalue weighted by molar-refractivity contribution is -0.299. The Morgan fingerprint density at radius 3 is 2.32 bits per heavy atom. The Hall–Kier alpha value is -1.15. The summed E-state index contributed by atoms with van der Waals surface area (Å²) in [4.78, 5) is 17.7. The molecule has 0 saturated carbocycles. The number of nitrogens with zero attached hydrogens (tertiary/aromatic N) is 2. The summed E-state index contributed by atoms with van der Waals surface area (Å²) in [7, 11) is 3.78.